The first-order valence-electron chi connectivity index (χ1n) is 6.01. The molecule has 0 aromatic rings. The van der Waals surface area contributed by atoms with Gasteiger partial charge in [-0.2, -0.15) is 0 Å². The number of piperazine rings is 1. The predicted molar refractivity (Wildman–Crippen MR) is 62.7 cm³/mol. The first-order chi connectivity index (χ1) is 6.97. The van der Waals surface area contributed by atoms with Crippen LogP contribution in [0.2, 0.25) is 0 Å². The molecule has 2 atom stereocenters. The summed E-state index contributed by atoms with van der Waals surface area (Å²) < 4.78 is 0. The monoisotopic (exact) mass is 212 g/mol. The minimum Gasteiger partial charge on any atom is -0.337 e. The second-order valence-electron chi connectivity index (χ2n) is 4.93. The molecular weight excluding hydrogens is 188 g/mol. The summed E-state index contributed by atoms with van der Waals surface area (Å²) >= 11 is 0. The largest absolute Gasteiger partial charge is 0.337 e. The molecule has 0 spiro atoms. The Morgan fingerprint density at radius 3 is 2.33 bits per heavy atom. The Balaban J connectivity index is 2.66. The van der Waals surface area contributed by atoms with E-state index in [4.69, 9.17) is 0 Å². The highest BCUT2D eigenvalue weighted by atomic mass is 16.2. The van der Waals surface area contributed by atoms with Crippen LogP contribution in [0, 0.1) is 5.92 Å². The van der Waals surface area contributed by atoms with Gasteiger partial charge >= 0.3 is 0 Å². The van der Waals surface area contributed by atoms with Gasteiger partial charge in [-0.3, -0.25) is 9.69 Å². The van der Waals surface area contributed by atoms with Crippen LogP contribution in [0.3, 0.4) is 0 Å². The maximum absolute atomic E-state index is 12.0. The van der Waals surface area contributed by atoms with Crippen LogP contribution in [0.4, 0.5) is 0 Å². The molecular formula is C12H24N2O. The minimum atomic E-state index is 0.118. The highest BCUT2D eigenvalue weighted by Gasteiger charge is 2.31. The van der Waals surface area contributed by atoms with Gasteiger partial charge in [-0.1, -0.05) is 20.8 Å². The van der Waals surface area contributed by atoms with Gasteiger partial charge in [-0.05, 0) is 20.4 Å². The van der Waals surface area contributed by atoms with Crippen molar-refractivity contribution in [3.63, 3.8) is 0 Å². The Kier molecular flexibility index (Phi) is 4.14. The standard InChI is InChI=1S/C12H24N2O/c1-6-13-7-11(5)14(8-10(13)4)12(15)9(2)3/h9-11H,6-8H2,1-5H3/t10-,11+/m0/s1. The third kappa shape index (κ3) is 2.71. The summed E-state index contributed by atoms with van der Waals surface area (Å²) in [6, 6.07) is 0.852. The molecule has 1 saturated heterocycles. The van der Waals surface area contributed by atoms with Crippen molar-refractivity contribution in [3.8, 4) is 0 Å². The van der Waals surface area contributed by atoms with Crippen LogP contribution in [0.5, 0.6) is 0 Å². The summed E-state index contributed by atoms with van der Waals surface area (Å²) in [5, 5.41) is 0. The van der Waals surface area contributed by atoms with Crippen molar-refractivity contribution < 1.29 is 4.79 Å². The molecule has 0 bridgehead atoms. The van der Waals surface area contributed by atoms with Crippen molar-refractivity contribution in [1.29, 1.82) is 0 Å². The molecule has 1 rings (SSSR count). The zero-order valence-electron chi connectivity index (χ0n) is 10.7. The Morgan fingerprint density at radius 2 is 1.87 bits per heavy atom. The summed E-state index contributed by atoms with van der Waals surface area (Å²) in [6.07, 6.45) is 0. The molecule has 0 saturated carbocycles. The third-order valence-electron chi connectivity index (χ3n) is 3.30. The van der Waals surface area contributed by atoms with Crippen LogP contribution in [-0.2, 0) is 4.79 Å². The molecule has 0 aliphatic carbocycles. The van der Waals surface area contributed by atoms with E-state index in [1.807, 2.05) is 18.7 Å². The molecule has 0 N–H and O–H groups in total. The van der Waals surface area contributed by atoms with Gasteiger partial charge in [-0.15, -0.1) is 0 Å². The number of hydrogen-bond acceptors (Lipinski definition) is 2. The maximum Gasteiger partial charge on any atom is 0.225 e. The van der Waals surface area contributed by atoms with Crippen molar-refractivity contribution in [2.45, 2.75) is 46.7 Å². The van der Waals surface area contributed by atoms with E-state index in [1.54, 1.807) is 0 Å². The average Bonchev–Trinajstić information content (AvgIpc) is 2.19. The van der Waals surface area contributed by atoms with Gasteiger partial charge in [0.05, 0.1) is 0 Å². The molecule has 1 heterocycles. The Morgan fingerprint density at radius 1 is 1.27 bits per heavy atom. The van der Waals surface area contributed by atoms with E-state index < -0.39 is 0 Å². The summed E-state index contributed by atoms with van der Waals surface area (Å²) in [6.45, 7) is 13.5. The molecule has 1 fully saturated rings. The van der Waals surface area contributed by atoms with E-state index in [-0.39, 0.29) is 5.92 Å². The lowest BCUT2D eigenvalue weighted by molar-refractivity contribution is -0.140. The number of amides is 1. The molecule has 1 amide bonds. The Bertz CT molecular complexity index is 228. The Labute approximate surface area is 93.4 Å². The van der Waals surface area contributed by atoms with Crippen molar-refractivity contribution in [3.05, 3.63) is 0 Å². The summed E-state index contributed by atoms with van der Waals surface area (Å²) in [5.41, 5.74) is 0. The summed E-state index contributed by atoms with van der Waals surface area (Å²) in [4.78, 5) is 16.4. The molecule has 0 aromatic heterocycles. The number of nitrogens with zero attached hydrogens (tertiary/aromatic N) is 2. The second-order valence-corrected chi connectivity index (χ2v) is 4.93. The fourth-order valence-electron chi connectivity index (χ4n) is 2.28. The molecule has 3 nitrogen and oxygen atoms in total. The molecule has 88 valence electrons. The Hall–Kier alpha value is -0.570. The van der Waals surface area contributed by atoms with Gasteiger partial charge in [0.1, 0.15) is 0 Å². The molecule has 15 heavy (non-hydrogen) atoms. The van der Waals surface area contributed by atoms with E-state index in [2.05, 4.69) is 25.7 Å². The number of rotatable bonds is 2. The SMILES string of the molecule is CCN1C[C@@H](C)N(C(=O)C(C)C)C[C@@H]1C. The van der Waals surface area contributed by atoms with Crippen molar-refractivity contribution in [2.24, 2.45) is 5.92 Å². The van der Waals surface area contributed by atoms with Gasteiger partial charge < -0.3 is 4.90 Å². The predicted octanol–water partition coefficient (Wildman–Crippen LogP) is 1.58. The molecule has 1 aliphatic rings. The van der Waals surface area contributed by atoms with Crippen LogP contribution in [0.1, 0.15) is 34.6 Å². The van der Waals surface area contributed by atoms with E-state index in [0.29, 0.717) is 18.0 Å². The topological polar surface area (TPSA) is 23.6 Å². The van der Waals surface area contributed by atoms with E-state index in [9.17, 15) is 4.79 Å². The zero-order chi connectivity index (χ0) is 11.6. The molecule has 0 unspecified atom stereocenters. The highest BCUT2D eigenvalue weighted by molar-refractivity contribution is 5.78. The lowest BCUT2D eigenvalue weighted by atomic mass is 10.1. The fraction of sp³-hybridized carbons (Fsp3) is 0.917. The zero-order valence-corrected chi connectivity index (χ0v) is 10.7. The second kappa shape index (κ2) is 4.97. The minimum absolute atomic E-state index is 0.118. The van der Waals surface area contributed by atoms with Gasteiger partial charge in [0.2, 0.25) is 5.91 Å². The number of carbonyl (C=O) groups is 1. The lowest BCUT2D eigenvalue weighted by Gasteiger charge is -2.44. The fourth-order valence-corrected chi connectivity index (χ4v) is 2.28. The first-order valence-corrected chi connectivity index (χ1v) is 6.01. The number of hydrogen-bond donors (Lipinski definition) is 0. The summed E-state index contributed by atoms with van der Waals surface area (Å²) in [5.74, 6) is 0.415. The van der Waals surface area contributed by atoms with E-state index in [0.717, 1.165) is 19.6 Å². The summed E-state index contributed by atoms with van der Waals surface area (Å²) in [7, 11) is 0. The van der Waals surface area contributed by atoms with E-state index in [1.165, 1.54) is 0 Å². The number of carbonyl (C=O) groups excluding carboxylic acids is 1. The normalized spacial score (nSPS) is 28.5. The molecule has 0 radical (unpaired) electrons. The van der Waals surface area contributed by atoms with Crippen molar-refractivity contribution in [1.82, 2.24) is 9.80 Å². The maximum atomic E-state index is 12.0. The van der Waals surface area contributed by atoms with Crippen LogP contribution in [0.25, 0.3) is 0 Å². The van der Waals surface area contributed by atoms with Crippen molar-refractivity contribution >= 4 is 5.91 Å². The van der Waals surface area contributed by atoms with Crippen LogP contribution in [-0.4, -0.2) is 47.4 Å². The van der Waals surface area contributed by atoms with Crippen LogP contribution < -0.4 is 0 Å². The molecule has 0 aromatic carbocycles. The first kappa shape index (κ1) is 12.5. The van der Waals surface area contributed by atoms with E-state index >= 15 is 0 Å². The van der Waals surface area contributed by atoms with Crippen molar-refractivity contribution in [2.75, 3.05) is 19.6 Å². The quantitative estimate of drug-likeness (QED) is 0.694. The number of likely N-dealkylation sites (N-methyl/N-ethyl adjacent to an activating group) is 1. The van der Waals surface area contributed by atoms with Crippen LogP contribution in [0.15, 0.2) is 0 Å². The van der Waals surface area contributed by atoms with Gasteiger partial charge in [0, 0.05) is 31.1 Å². The van der Waals surface area contributed by atoms with Gasteiger partial charge in [0.15, 0.2) is 0 Å². The van der Waals surface area contributed by atoms with Gasteiger partial charge in [0.25, 0.3) is 0 Å². The lowest BCUT2D eigenvalue weighted by Crippen LogP contribution is -2.58. The van der Waals surface area contributed by atoms with Gasteiger partial charge in [-0.25, -0.2) is 0 Å². The highest BCUT2D eigenvalue weighted by Crippen LogP contribution is 2.17. The van der Waals surface area contributed by atoms with Crippen LogP contribution >= 0.6 is 0 Å². The molecule has 1 aliphatic heterocycles. The molecule has 3 heteroatoms. The third-order valence-corrected chi connectivity index (χ3v) is 3.30. The average molecular weight is 212 g/mol. The smallest absolute Gasteiger partial charge is 0.225 e.